The standard InChI is InChI=1S/C15H14ClF2N/c1-9-7-10(5-6-12(9)16)14(19)8-11-3-2-4-13(17)15(11)18/h2-7,14H,8,19H2,1H3. The number of rotatable bonds is 3. The molecular formula is C15H14ClF2N. The first-order valence-corrected chi connectivity index (χ1v) is 6.31. The summed E-state index contributed by atoms with van der Waals surface area (Å²) in [6, 6.07) is 9.15. The van der Waals surface area contributed by atoms with Crippen LogP contribution in [0.25, 0.3) is 0 Å². The fraction of sp³-hybridized carbons (Fsp3) is 0.200. The molecule has 0 aliphatic carbocycles. The molecule has 1 nitrogen and oxygen atoms in total. The zero-order valence-corrected chi connectivity index (χ0v) is 11.2. The molecule has 0 saturated carbocycles. The number of nitrogens with two attached hydrogens (primary N) is 1. The Balaban J connectivity index is 2.23. The minimum atomic E-state index is -0.850. The van der Waals surface area contributed by atoms with Crippen LogP contribution in [0.2, 0.25) is 5.02 Å². The summed E-state index contributed by atoms with van der Waals surface area (Å²) in [5.74, 6) is -1.68. The van der Waals surface area contributed by atoms with Gasteiger partial charge in [-0.15, -0.1) is 0 Å². The molecule has 2 aromatic rings. The van der Waals surface area contributed by atoms with Gasteiger partial charge in [-0.1, -0.05) is 35.9 Å². The number of benzene rings is 2. The molecule has 1 unspecified atom stereocenters. The number of halogens is 3. The summed E-state index contributed by atoms with van der Waals surface area (Å²) in [5.41, 5.74) is 8.07. The van der Waals surface area contributed by atoms with Crippen LogP contribution in [0.15, 0.2) is 36.4 Å². The second-order valence-electron chi connectivity index (χ2n) is 4.53. The van der Waals surface area contributed by atoms with Crippen molar-refractivity contribution in [2.24, 2.45) is 5.73 Å². The molecule has 2 N–H and O–H groups in total. The molecule has 0 saturated heterocycles. The van der Waals surface area contributed by atoms with E-state index in [0.717, 1.165) is 17.2 Å². The first kappa shape index (κ1) is 14.0. The lowest BCUT2D eigenvalue weighted by molar-refractivity contribution is 0.494. The minimum Gasteiger partial charge on any atom is -0.324 e. The van der Waals surface area contributed by atoms with Gasteiger partial charge < -0.3 is 5.73 Å². The van der Waals surface area contributed by atoms with Crippen molar-refractivity contribution in [2.75, 3.05) is 0 Å². The normalized spacial score (nSPS) is 12.5. The van der Waals surface area contributed by atoms with Crippen LogP contribution < -0.4 is 5.73 Å². The van der Waals surface area contributed by atoms with E-state index in [0.29, 0.717) is 5.02 Å². The van der Waals surface area contributed by atoms with Crippen LogP contribution in [0.5, 0.6) is 0 Å². The van der Waals surface area contributed by atoms with Gasteiger partial charge in [0, 0.05) is 11.1 Å². The van der Waals surface area contributed by atoms with Gasteiger partial charge in [0.25, 0.3) is 0 Å². The molecule has 2 aromatic carbocycles. The molecule has 100 valence electrons. The maximum atomic E-state index is 13.6. The van der Waals surface area contributed by atoms with Crippen molar-refractivity contribution in [1.82, 2.24) is 0 Å². The van der Waals surface area contributed by atoms with Crippen molar-refractivity contribution in [3.05, 3.63) is 69.7 Å². The van der Waals surface area contributed by atoms with E-state index in [1.807, 2.05) is 13.0 Å². The van der Waals surface area contributed by atoms with Crippen molar-refractivity contribution >= 4 is 11.6 Å². The van der Waals surface area contributed by atoms with Crippen LogP contribution in [0.4, 0.5) is 8.78 Å². The van der Waals surface area contributed by atoms with Gasteiger partial charge in [0.2, 0.25) is 0 Å². The summed E-state index contributed by atoms with van der Waals surface area (Å²) in [4.78, 5) is 0. The molecule has 0 aliphatic rings. The van der Waals surface area contributed by atoms with Gasteiger partial charge in [-0.05, 0) is 42.2 Å². The summed E-state index contributed by atoms with van der Waals surface area (Å²) in [6.45, 7) is 1.88. The average Bonchev–Trinajstić information content (AvgIpc) is 2.38. The lowest BCUT2D eigenvalue weighted by atomic mass is 9.98. The second-order valence-corrected chi connectivity index (χ2v) is 4.94. The number of aryl methyl sites for hydroxylation is 1. The van der Waals surface area contributed by atoms with Gasteiger partial charge in [-0.3, -0.25) is 0 Å². The third-order valence-corrected chi connectivity index (χ3v) is 3.51. The zero-order valence-electron chi connectivity index (χ0n) is 10.5. The molecule has 0 aliphatic heterocycles. The molecule has 0 fully saturated rings. The molecule has 19 heavy (non-hydrogen) atoms. The van der Waals surface area contributed by atoms with E-state index in [1.165, 1.54) is 6.07 Å². The third-order valence-electron chi connectivity index (χ3n) is 3.08. The minimum absolute atomic E-state index is 0.241. The molecule has 4 heteroatoms. The van der Waals surface area contributed by atoms with Crippen molar-refractivity contribution in [3.8, 4) is 0 Å². The van der Waals surface area contributed by atoms with E-state index in [-0.39, 0.29) is 12.0 Å². The highest BCUT2D eigenvalue weighted by molar-refractivity contribution is 6.31. The summed E-state index contributed by atoms with van der Waals surface area (Å²) >= 11 is 5.94. The molecule has 1 atom stereocenters. The van der Waals surface area contributed by atoms with Gasteiger partial charge in [0.05, 0.1) is 0 Å². The zero-order chi connectivity index (χ0) is 14.0. The summed E-state index contributed by atoms with van der Waals surface area (Å²) in [7, 11) is 0. The van der Waals surface area contributed by atoms with Crippen LogP contribution in [-0.4, -0.2) is 0 Å². The lowest BCUT2D eigenvalue weighted by Gasteiger charge is -2.14. The highest BCUT2D eigenvalue weighted by Gasteiger charge is 2.13. The Morgan fingerprint density at radius 3 is 2.63 bits per heavy atom. The Morgan fingerprint density at radius 1 is 1.21 bits per heavy atom. The van der Waals surface area contributed by atoms with E-state index >= 15 is 0 Å². The van der Waals surface area contributed by atoms with Crippen molar-refractivity contribution in [2.45, 2.75) is 19.4 Å². The van der Waals surface area contributed by atoms with Gasteiger partial charge >= 0.3 is 0 Å². The molecule has 0 spiro atoms. The van der Waals surface area contributed by atoms with Crippen LogP contribution in [0, 0.1) is 18.6 Å². The fourth-order valence-corrected chi connectivity index (χ4v) is 2.08. The van der Waals surface area contributed by atoms with E-state index < -0.39 is 17.7 Å². The Morgan fingerprint density at radius 2 is 1.95 bits per heavy atom. The monoisotopic (exact) mass is 281 g/mol. The molecule has 0 aromatic heterocycles. The predicted octanol–water partition coefficient (Wildman–Crippen LogP) is 4.17. The maximum Gasteiger partial charge on any atom is 0.162 e. The van der Waals surface area contributed by atoms with Crippen LogP contribution in [0.1, 0.15) is 22.7 Å². The Bertz CT molecular complexity index is 599. The Labute approximate surface area is 116 Å². The van der Waals surface area contributed by atoms with Crippen molar-refractivity contribution in [1.29, 1.82) is 0 Å². The molecule has 0 heterocycles. The van der Waals surface area contributed by atoms with E-state index in [2.05, 4.69) is 0 Å². The van der Waals surface area contributed by atoms with Crippen LogP contribution in [0.3, 0.4) is 0 Å². The molecule has 0 bridgehead atoms. The smallest absolute Gasteiger partial charge is 0.162 e. The molecule has 0 radical (unpaired) electrons. The number of hydrogen-bond donors (Lipinski definition) is 1. The first-order valence-electron chi connectivity index (χ1n) is 5.93. The number of hydrogen-bond acceptors (Lipinski definition) is 1. The van der Waals surface area contributed by atoms with Gasteiger partial charge in [-0.25, -0.2) is 8.78 Å². The summed E-state index contributed by atoms with van der Waals surface area (Å²) in [6.07, 6.45) is 0.241. The quantitative estimate of drug-likeness (QED) is 0.898. The molecular weight excluding hydrogens is 268 g/mol. The van der Waals surface area contributed by atoms with Gasteiger partial charge in [-0.2, -0.15) is 0 Å². The predicted molar refractivity (Wildman–Crippen MR) is 73.2 cm³/mol. The Hall–Kier alpha value is -1.45. The summed E-state index contributed by atoms with van der Waals surface area (Å²) < 4.78 is 26.7. The average molecular weight is 282 g/mol. The highest BCUT2D eigenvalue weighted by atomic mass is 35.5. The van der Waals surface area contributed by atoms with Crippen molar-refractivity contribution in [3.63, 3.8) is 0 Å². The largest absolute Gasteiger partial charge is 0.324 e. The van der Waals surface area contributed by atoms with Crippen molar-refractivity contribution < 1.29 is 8.78 Å². The van der Waals surface area contributed by atoms with Crippen LogP contribution >= 0.6 is 11.6 Å². The molecule has 0 amide bonds. The van der Waals surface area contributed by atoms with E-state index in [1.54, 1.807) is 18.2 Å². The summed E-state index contributed by atoms with van der Waals surface area (Å²) in [5, 5.41) is 0.660. The van der Waals surface area contributed by atoms with E-state index in [9.17, 15) is 8.78 Å². The lowest BCUT2D eigenvalue weighted by Crippen LogP contribution is -2.14. The second kappa shape index (κ2) is 5.68. The van der Waals surface area contributed by atoms with Gasteiger partial charge in [0.15, 0.2) is 11.6 Å². The topological polar surface area (TPSA) is 26.0 Å². The maximum absolute atomic E-state index is 13.6. The fourth-order valence-electron chi connectivity index (χ4n) is 1.96. The first-order chi connectivity index (χ1) is 8.99. The van der Waals surface area contributed by atoms with Gasteiger partial charge in [0.1, 0.15) is 0 Å². The van der Waals surface area contributed by atoms with Crippen LogP contribution in [-0.2, 0) is 6.42 Å². The van der Waals surface area contributed by atoms with E-state index in [4.69, 9.17) is 17.3 Å². The third kappa shape index (κ3) is 3.11. The SMILES string of the molecule is Cc1cc(C(N)Cc2cccc(F)c2F)ccc1Cl. The Kier molecular flexibility index (Phi) is 4.17. The molecule has 2 rings (SSSR count). The highest BCUT2D eigenvalue weighted by Crippen LogP contribution is 2.23.